The smallest absolute Gasteiger partial charge is 0.0703 e. The zero-order valence-corrected chi connectivity index (χ0v) is 12.1. The second kappa shape index (κ2) is 6.83. The van der Waals surface area contributed by atoms with Gasteiger partial charge in [-0.2, -0.15) is 0 Å². The molecule has 0 amide bonds. The van der Waals surface area contributed by atoms with E-state index in [0.717, 1.165) is 22.4 Å². The Bertz CT molecular complexity index is 744. The number of nitrogens with one attached hydrogen (secondary N) is 1. The first-order chi connectivity index (χ1) is 10.9. The fourth-order valence-corrected chi connectivity index (χ4v) is 2.32. The number of nitrogens with zero attached hydrogens (tertiary/aromatic N) is 2. The number of anilines is 1. The number of aliphatic hydroxyl groups excluding tert-OH is 1. The van der Waals surface area contributed by atoms with Crippen LogP contribution < -0.4 is 5.32 Å². The van der Waals surface area contributed by atoms with Crippen molar-refractivity contribution in [3.63, 3.8) is 0 Å². The standard InChI is InChI=1S/C18H17N3O/c22-13-17-6-9-20-12-18(17)21-11-14-2-1-3-16(10-14)15-4-7-19-8-5-15/h1-10,12,21-22H,11,13H2. The second-order valence-electron chi connectivity index (χ2n) is 4.98. The van der Waals surface area contributed by atoms with Crippen LogP contribution in [0.25, 0.3) is 11.1 Å². The molecule has 0 radical (unpaired) electrons. The van der Waals surface area contributed by atoms with Crippen molar-refractivity contribution in [1.29, 1.82) is 0 Å². The molecule has 4 heteroatoms. The molecule has 0 atom stereocenters. The van der Waals surface area contributed by atoms with E-state index in [1.54, 1.807) is 24.8 Å². The molecule has 22 heavy (non-hydrogen) atoms. The highest BCUT2D eigenvalue weighted by Crippen LogP contribution is 2.20. The number of benzene rings is 1. The van der Waals surface area contributed by atoms with Gasteiger partial charge in [-0.25, -0.2) is 0 Å². The topological polar surface area (TPSA) is 58.0 Å². The monoisotopic (exact) mass is 291 g/mol. The van der Waals surface area contributed by atoms with E-state index in [0.29, 0.717) is 6.54 Å². The summed E-state index contributed by atoms with van der Waals surface area (Å²) >= 11 is 0. The van der Waals surface area contributed by atoms with Crippen LogP contribution in [-0.2, 0) is 13.2 Å². The molecule has 1 aromatic carbocycles. The summed E-state index contributed by atoms with van der Waals surface area (Å²) in [5.74, 6) is 0. The minimum absolute atomic E-state index is 0.00189. The highest BCUT2D eigenvalue weighted by Gasteiger charge is 2.02. The summed E-state index contributed by atoms with van der Waals surface area (Å²) < 4.78 is 0. The van der Waals surface area contributed by atoms with Crippen LogP contribution in [0.4, 0.5) is 5.69 Å². The van der Waals surface area contributed by atoms with Crippen molar-refractivity contribution in [2.45, 2.75) is 13.2 Å². The first kappa shape index (κ1) is 14.2. The zero-order valence-electron chi connectivity index (χ0n) is 12.1. The van der Waals surface area contributed by atoms with Crippen LogP contribution in [-0.4, -0.2) is 15.1 Å². The van der Waals surface area contributed by atoms with E-state index in [1.165, 1.54) is 5.56 Å². The summed E-state index contributed by atoms with van der Waals surface area (Å²) in [6.07, 6.45) is 7.01. The van der Waals surface area contributed by atoms with Gasteiger partial charge in [0.15, 0.2) is 0 Å². The van der Waals surface area contributed by atoms with Crippen molar-refractivity contribution in [2.24, 2.45) is 0 Å². The molecular weight excluding hydrogens is 274 g/mol. The lowest BCUT2D eigenvalue weighted by Gasteiger charge is -2.11. The average molecular weight is 291 g/mol. The van der Waals surface area contributed by atoms with Gasteiger partial charge in [0.2, 0.25) is 0 Å². The van der Waals surface area contributed by atoms with Gasteiger partial charge in [-0.15, -0.1) is 0 Å². The van der Waals surface area contributed by atoms with Gasteiger partial charge in [-0.3, -0.25) is 9.97 Å². The van der Waals surface area contributed by atoms with Gasteiger partial charge >= 0.3 is 0 Å². The number of hydrogen-bond acceptors (Lipinski definition) is 4. The van der Waals surface area contributed by atoms with Crippen molar-refractivity contribution in [3.8, 4) is 11.1 Å². The van der Waals surface area contributed by atoms with E-state index in [-0.39, 0.29) is 6.61 Å². The Morgan fingerprint density at radius 2 is 1.73 bits per heavy atom. The third-order valence-electron chi connectivity index (χ3n) is 3.51. The molecule has 0 aliphatic heterocycles. The first-order valence-electron chi connectivity index (χ1n) is 7.14. The lowest BCUT2D eigenvalue weighted by atomic mass is 10.0. The molecule has 2 N–H and O–H groups in total. The molecule has 0 bridgehead atoms. The number of pyridine rings is 2. The van der Waals surface area contributed by atoms with Crippen molar-refractivity contribution < 1.29 is 5.11 Å². The fourth-order valence-electron chi connectivity index (χ4n) is 2.32. The molecule has 0 saturated carbocycles. The second-order valence-corrected chi connectivity index (χ2v) is 4.98. The van der Waals surface area contributed by atoms with Crippen LogP contribution >= 0.6 is 0 Å². The molecule has 0 aliphatic carbocycles. The van der Waals surface area contributed by atoms with E-state index in [1.807, 2.05) is 24.3 Å². The van der Waals surface area contributed by atoms with Gasteiger partial charge in [-0.1, -0.05) is 18.2 Å². The molecule has 3 aromatic rings. The summed E-state index contributed by atoms with van der Waals surface area (Å²) in [5.41, 5.74) is 5.19. The third-order valence-corrected chi connectivity index (χ3v) is 3.51. The quantitative estimate of drug-likeness (QED) is 0.757. The minimum atomic E-state index is 0.00189. The van der Waals surface area contributed by atoms with Crippen LogP contribution in [0.15, 0.2) is 67.3 Å². The molecule has 110 valence electrons. The Hall–Kier alpha value is -2.72. The Balaban J connectivity index is 1.76. The summed E-state index contributed by atoms with van der Waals surface area (Å²) in [6.45, 7) is 0.680. The molecule has 0 spiro atoms. The number of aliphatic hydroxyl groups is 1. The van der Waals surface area contributed by atoms with Gasteiger partial charge in [0.05, 0.1) is 18.5 Å². The van der Waals surface area contributed by atoms with Crippen LogP contribution in [0.1, 0.15) is 11.1 Å². The molecular formula is C18H17N3O. The number of aromatic nitrogens is 2. The summed E-state index contributed by atoms with van der Waals surface area (Å²) in [6, 6.07) is 14.2. The van der Waals surface area contributed by atoms with Crippen molar-refractivity contribution in [2.75, 3.05) is 5.32 Å². The maximum absolute atomic E-state index is 9.33. The van der Waals surface area contributed by atoms with Gasteiger partial charge < -0.3 is 10.4 Å². The Morgan fingerprint density at radius 1 is 0.909 bits per heavy atom. The maximum atomic E-state index is 9.33. The van der Waals surface area contributed by atoms with Gasteiger partial charge in [-0.05, 0) is 41.0 Å². The van der Waals surface area contributed by atoms with E-state index < -0.39 is 0 Å². The molecule has 0 aliphatic rings. The van der Waals surface area contributed by atoms with Gasteiger partial charge in [0.1, 0.15) is 0 Å². The molecule has 0 fully saturated rings. The van der Waals surface area contributed by atoms with Gasteiger partial charge in [0, 0.05) is 30.7 Å². The normalized spacial score (nSPS) is 10.4. The Kier molecular flexibility index (Phi) is 4.41. The number of hydrogen-bond donors (Lipinski definition) is 2. The SMILES string of the molecule is OCc1ccncc1NCc1cccc(-c2ccncc2)c1. The van der Waals surface area contributed by atoms with Crippen molar-refractivity contribution in [3.05, 3.63) is 78.4 Å². The van der Waals surface area contributed by atoms with Gasteiger partial charge in [0.25, 0.3) is 0 Å². The average Bonchev–Trinajstić information content (AvgIpc) is 2.61. The van der Waals surface area contributed by atoms with Crippen LogP contribution in [0.2, 0.25) is 0 Å². The highest BCUT2D eigenvalue weighted by molar-refractivity contribution is 5.63. The number of rotatable bonds is 5. The Labute approximate surface area is 129 Å². The Morgan fingerprint density at radius 3 is 2.55 bits per heavy atom. The lowest BCUT2D eigenvalue weighted by Crippen LogP contribution is -2.03. The van der Waals surface area contributed by atoms with Crippen LogP contribution in [0.3, 0.4) is 0 Å². The van der Waals surface area contributed by atoms with Crippen molar-refractivity contribution in [1.82, 2.24) is 9.97 Å². The largest absolute Gasteiger partial charge is 0.392 e. The highest BCUT2D eigenvalue weighted by atomic mass is 16.3. The molecule has 2 heterocycles. The summed E-state index contributed by atoms with van der Waals surface area (Å²) in [4.78, 5) is 8.14. The first-order valence-corrected chi connectivity index (χ1v) is 7.14. The lowest BCUT2D eigenvalue weighted by molar-refractivity contribution is 0.282. The minimum Gasteiger partial charge on any atom is -0.392 e. The molecule has 0 saturated heterocycles. The predicted molar refractivity (Wildman–Crippen MR) is 87.2 cm³/mol. The van der Waals surface area contributed by atoms with Crippen molar-refractivity contribution >= 4 is 5.69 Å². The van der Waals surface area contributed by atoms with E-state index >= 15 is 0 Å². The molecule has 3 rings (SSSR count). The van der Waals surface area contributed by atoms with Crippen LogP contribution in [0.5, 0.6) is 0 Å². The summed E-state index contributed by atoms with van der Waals surface area (Å²) in [5, 5.41) is 12.7. The molecule has 0 unspecified atom stereocenters. The van der Waals surface area contributed by atoms with E-state index in [9.17, 15) is 5.11 Å². The molecule has 2 aromatic heterocycles. The maximum Gasteiger partial charge on any atom is 0.0703 e. The fraction of sp³-hybridized carbons (Fsp3) is 0.111. The van der Waals surface area contributed by atoms with E-state index in [4.69, 9.17) is 0 Å². The third kappa shape index (κ3) is 3.30. The van der Waals surface area contributed by atoms with E-state index in [2.05, 4.69) is 33.5 Å². The molecule has 4 nitrogen and oxygen atoms in total. The zero-order chi connectivity index (χ0) is 15.2. The summed E-state index contributed by atoms with van der Waals surface area (Å²) in [7, 11) is 0. The predicted octanol–water partition coefficient (Wildman–Crippen LogP) is 3.25. The van der Waals surface area contributed by atoms with Crippen LogP contribution in [0, 0.1) is 0 Å².